The van der Waals surface area contributed by atoms with E-state index in [4.69, 9.17) is 0 Å². The van der Waals surface area contributed by atoms with Crippen molar-refractivity contribution in [2.75, 3.05) is 13.1 Å². The number of hydrogen-bond acceptors (Lipinski definition) is 3. The highest BCUT2D eigenvalue weighted by Crippen LogP contribution is 2.39. The van der Waals surface area contributed by atoms with E-state index in [9.17, 15) is 9.18 Å². The molecule has 0 radical (unpaired) electrons. The zero-order valence-corrected chi connectivity index (χ0v) is 14.6. The van der Waals surface area contributed by atoms with Gasteiger partial charge in [-0.05, 0) is 30.2 Å². The fourth-order valence-corrected chi connectivity index (χ4v) is 3.63. The van der Waals surface area contributed by atoms with Crippen LogP contribution in [0.2, 0.25) is 0 Å². The Morgan fingerprint density at radius 2 is 1.88 bits per heavy atom. The first-order valence-electron chi connectivity index (χ1n) is 8.75. The van der Waals surface area contributed by atoms with E-state index in [0.717, 1.165) is 22.4 Å². The molecule has 4 rings (SSSR count). The summed E-state index contributed by atoms with van der Waals surface area (Å²) in [7, 11) is 0. The van der Waals surface area contributed by atoms with Crippen LogP contribution in [0.3, 0.4) is 0 Å². The van der Waals surface area contributed by atoms with E-state index in [-0.39, 0.29) is 17.8 Å². The van der Waals surface area contributed by atoms with Crippen molar-refractivity contribution in [3.05, 3.63) is 82.8 Å². The fraction of sp³-hybridized carbons (Fsp3) is 0.238. The summed E-state index contributed by atoms with van der Waals surface area (Å²) in [6.07, 6.45) is 0. The first kappa shape index (κ1) is 16.5. The second kappa shape index (κ2) is 6.75. The molecule has 0 aliphatic carbocycles. The maximum Gasteiger partial charge on any atom is 0.273 e. The third-order valence-electron chi connectivity index (χ3n) is 4.86. The number of allylic oxidation sites excluding steroid dienone is 1. The zero-order valence-electron chi connectivity index (χ0n) is 14.6. The Bertz CT molecular complexity index is 887. The lowest BCUT2D eigenvalue weighted by Gasteiger charge is -2.26. The highest BCUT2D eigenvalue weighted by Gasteiger charge is 2.43. The normalized spacial score (nSPS) is 19.8. The van der Waals surface area contributed by atoms with Crippen molar-refractivity contribution in [2.24, 2.45) is 4.99 Å². The summed E-state index contributed by atoms with van der Waals surface area (Å²) < 4.78 is 13.4. The molecule has 2 aromatic rings. The number of hydrogen-bond donors (Lipinski definition) is 1. The number of rotatable bonds is 3. The highest BCUT2D eigenvalue weighted by molar-refractivity contribution is 6.48. The van der Waals surface area contributed by atoms with Gasteiger partial charge in [-0.15, -0.1) is 0 Å². The molecule has 2 aliphatic rings. The largest absolute Gasteiger partial charge is 0.386 e. The number of likely N-dealkylation sites (tertiary alicyclic amines) is 1. The van der Waals surface area contributed by atoms with E-state index in [1.165, 1.54) is 12.1 Å². The minimum atomic E-state index is -0.286. The van der Waals surface area contributed by atoms with Crippen LogP contribution in [0.25, 0.3) is 0 Å². The Labute approximate surface area is 152 Å². The van der Waals surface area contributed by atoms with Gasteiger partial charge in [0.2, 0.25) is 0 Å². The molecule has 2 aromatic carbocycles. The van der Waals surface area contributed by atoms with E-state index in [2.05, 4.69) is 10.3 Å². The number of fused-ring (bicyclic) bond motifs is 1. The average molecular weight is 349 g/mol. The molecule has 0 saturated carbocycles. The standard InChI is InChI=1S/C21H20FN3O/c1-14-18-19(24-12-11-23-14)21(26)25(13-15-5-3-2-4-6-15)20(18)16-7-9-17(22)10-8-16/h2-10,20,23H,11-13H2,1H3. The number of halogens is 1. The van der Waals surface area contributed by atoms with Crippen molar-refractivity contribution in [3.8, 4) is 0 Å². The maximum atomic E-state index is 13.4. The van der Waals surface area contributed by atoms with E-state index in [0.29, 0.717) is 25.3 Å². The summed E-state index contributed by atoms with van der Waals surface area (Å²) in [6.45, 7) is 3.74. The van der Waals surface area contributed by atoms with Gasteiger partial charge in [-0.25, -0.2) is 4.39 Å². The molecule has 4 nitrogen and oxygen atoms in total. The van der Waals surface area contributed by atoms with Crippen molar-refractivity contribution in [1.29, 1.82) is 0 Å². The number of carbonyl (C=O) groups is 1. The number of aliphatic imine (C=N–C) groups is 1. The molecule has 0 spiro atoms. The highest BCUT2D eigenvalue weighted by atomic mass is 19.1. The van der Waals surface area contributed by atoms with Crippen molar-refractivity contribution in [3.63, 3.8) is 0 Å². The van der Waals surface area contributed by atoms with Gasteiger partial charge in [0.1, 0.15) is 11.5 Å². The summed E-state index contributed by atoms with van der Waals surface area (Å²) in [5, 5.41) is 3.34. The van der Waals surface area contributed by atoms with Gasteiger partial charge >= 0.3 is 0 Å². The Balaban J connectivity index is 1.82. The van der Waals surface area contributed by atoms with Gasteiger partial charge in [0, 0.05) is 24.4 Å². The molecule has 26 heavy (non-hydrogen) atoms. The lowest BCUT2D eigenvalue weighted by atomic mass is 9.96. The number of nitrogens with one attached hydrogen (secondary N) is 1. The maximum absolute atomic E-state index is 13.4. The summed E-state index contributed by atoms with van der Waals surface area (Å²) in [6, 6.07) is 16.0. The first-order chi connectivity index (χ1) is 12.6. The van der Waals surface area contributed by atoms with Gasteiger partial charge < -0.3 is 10.2 Å². The minimum absolute atomic E-state index is 0.0683. The van der Waals surface area contributed by atoms with Crippen LogP contribution in [0.1, 0.15) is 24.1 Å². The van der Waals surface area contributed by atoms with Crippen LogP contribution in [0.4, 0.5) is 4.39 Å². The van der Waals surface area contributed by atoms with Gasteiger partial charge in [0.25, 0.3) is 5.91 Å². The lowest BCUT2D eigenvalue weighted by Crippen LogP contribution is -2.29. The fourth-order valence-electron chi connectivity index (χ4n) is 3.63. The van der Waals surface area contributed by atoms with Crippen LogP contribution < -0.4 is 5.32 Å². The van der Waals surface area contributed by atoms with Gasteiger partial charge in [0.15, 0.2) is 0 Å². The number of amides is 1. The summed E-state index contributed by atoms with van der Waals surface area (Å²) in [4.78, 5) is 19.5. The van der Waals surface area contributed by atoms with Gasteiger partial charge in [0.05, 0.1) is 12.6 Å². The SMILES string of the molecule is CC1=C2C(=NCCN1)C(=O)N(Cc1ccccc1)C2c1ccc(F)cc1. The molecule has 1 amide bonds. The second-order valence-electron chi connectivity index (χ2n) is 6.57. The average Bonchev–Trinajstić information content (AvgIpc) is 2.79. The number of nitrogens with zero attached hydrogens (tertiary/aromatic N) is 2. The lowest BCUT2D eigenvalue weighted by molar-refractivity contribution is -0.124. The van der Waals surface area contributed by atoms with E-state index in [1.807, 2.05) is 42.2 Å². The van der Waals surface area contributed by atoms with E-state index >= 15 is 0 Å². The molecular weight excluding hydrogens is 329 g/mol. The van der Waals surface area contributed by atoms with Crippen LogP contribution in [-0.4, -0.2) is 29.6 Å². The third-order valence-corrected chi connectivity index (χ3v) is 4.86. The molecule has 1 atom stereocenters. The summed E-state index contributed by atoms with van der Waals surface area (Å²) in [5.41, 5.74) is 4.32. The first-order valence-corrected chi connectivity index (χ1v) is 8.75. The predicted molar refractivity (Wildman–Crippen MR) is 99.1 cm³/mol. The molecule has 1 saturated heterocycles. The van der Waals surface area contributed by atoms with E-state index < -0.39 is 0 Å². The predicted octanol–water partition coefficient (Wildman–Crippen LogP) is 3.23. The Morgan fingerprint density at radius 1 is 1.15 bits per heavy atom. The molecule has 5 heteroatoms. The molecule has 1 N–H and O–H groups in total. The van der Waals surface area contributed by atoms with Crippen LogP contribution in [-0.2, 0) is 11.3 Å². The van der Waals surface area contributed by atoms with Gasteiger partial charge in [-0.1, -0.05) is 42.5 Å². The molecule has 2 aliphatic heterocycles. The molecule has 0 aromatic heterocycles. The molecule has 1 unspecified atom stereocenters. The van der Waals surface area contributed by atoms with Crippen molar-refractivity contribution in [1.82, 2.24) is 10.2 Å². The summed E-state index contributed by atoms with van der Waals surface area (Å²) in [5.74, 6) is -0.354. The zero-order chi connectivity index (χ0) is 18.1. The van der Waals surface area contributed by atoms with Gasteiger partial charge in [-0.3, -0.25) is 9.79 Å². The molecule has 2 heterocycles. The van der Waals surface area contributed by atoms with Gasteiger partial charge in [-0.2, -0.15) is 0 Å². The monoisotopic (exact) mass is 349 g/mol. The Kier molecular flexibility index (Phi) is 4.29. The van der Waals surface area contributed by atoms with Crippen LogP contribution >= 0.6 is 0 Å². The van der Waals surface area contributed by atoms with Crippen molar-refractivity contribution in [2.45, 2.75) is 19.5 Å². The Morgan fingerprint density at radius 3 is 2.62 bits per heavy atom. The van der Waals surface area contributed by atoms with Crippen LogP contribution in [0.15, 0.2) is 70.9 Å². The van der Waals surface area contributed by atoms with E-state index in [1.54, 1.807) is 12.1 Å². The number of benzene rings is 2. The smallest absolute Gasteiger partial charge is 0.273 e. The molecule has 1 fully saturated rings. The van der Waals surface area contributed by atoms with Crippen molar-refractivity contribution < 1.29 is 9.18 Å². The number of carbonyl (C=O) groups excluding carboxylic acids is 1. The second-order valence-corrected chi connectivity index (χ2v) is 6.57. The van der Waals surface area contributed by atoms with Crippen molar-refractivity contribution >= 4 is 11.6 Å². The quantitative estimate of drug-likeness (QED) is 0.925. The molecule has 0 bridgehead atoms. The molecular formula is C21H20FN3O. The molecule has 132 valence electrons. The van der Waals surface area contributed by atoms with Crippen LogP contribution in [0.5, 0.6) is 0 Å². The Hall–Kier alpha value is -2.95. The van der Waals surface area contributed by atoms with Crippen LogP contribution in [0, 0.1) is 5.82 Å². The minimum Gasteiger partial charge on any atom is -0.386 e. The summed E-state index contributed by atoms with van der Waals surface area (Å²) >= 11 is 0. The topological polar surface area (TPSA) is 44.7 Å². The third kappa shape index (κ3) is 2.90.